The second kappa shape index (κ2) is 7.62. The Labute approximate surface area is 141 Å². The van der Waals surface area contributed by atoms with Crippen molar-refractivity contribution < 1.29 is 9.53 Å². The van der Waals surface area contributed by atoms with Crippen LogP contribution in [0.1, 0.15) is 17.8 Å². The van der Waals surface area contributed by atoms with E-state index < -0.39 is 0 Å². The third-order valence-corrected chi connectivity index (χ3v) is 5.32. The molecule has 2 heterocycles. The molecule has 1 aromatic heterocycles. The second-order valence-corrected chi connectivity index (χ2v) is 6.69. The predicted octanol–water partition coefficient (Wildman–Crippen LogP) is 3.03. The Morgan fingerprint density at radius 2 is 1.87 bits per heavy atom. The molecule has 3 rings (SSSR count). The predicted molar refractivity (Wildman–Crippen MR) is 92.8 cm³/mol. The standard InChI is InChI=1S/C18H22N2O2S/c1-15(17-8-5-13-23-17)19-9-11-20(12-10-19)18(21)14-22-16-6-3-2-4-7-16/h2-8,13,15H,9-12,14H2,1H3. The van der Waals surface area contributed by atoms with E-state index in [0.717, 1.165) is 31.9 Å². The molecular formula is C18H22N2O2S. The molecule has 0 N–H and O–H groups in total. The van der Waals surface area contributed by atoms with Crippen LogP contribution in [-0.2, 0) is 4.79 Å². The van der Waals surface area contributed by atoms with Gasteiger partial charge in [-0.2, -0.15) is 0 Å². The van der Waals surface area contributed by atoms with Gasteiger partial charge in [0.1, 0.15) is 5.75 Å². The molecule has 1 atom stereocenters. The molecule has 122 valence electrons. The number of piperazine rings is 1. The third-order valence-electron chi connectivity index (χ3n) is 4.28. The van der Waals surface area contributed by atoms with Gasteiger partial charge in [0.2, 0.25) is 0 Å². The molecular weight excluding hydrogens is 308 g/mol. The minimum atomic E-state index is 0.0669. The average Bonchev–Trinajstić information content (AvgIpc) is 3.15. The van der Waals surface area contributed by atoms with Gasteiger partial charge in [-0.05, 0) is 30.5 Å². The number of hydrogen-bond acceptors (Lipinski definition) is 4. The van der Waals surface area contributed by atoms with Gasteiger partial charge in [0.15, 0.2) is 6.61 Å². The Kier molecular flexibility index (Phi) is 5.31. The van der Waals surface area contributed by atoms with Crippen molar-refractivity contribution in [2.24, 2.45) is 0 Å². The van der Waals surface area contributed by atoms with Crippen molar-refractivity contribution in [3.8, 4) is 5.75 Å². The highest BCUT2D eigenvalue weighted by Gasteiger charge is 2.25. The van der Waals surface area contributed by atoms with E-state index in [1.807, 2.05) is 35.2 Å². The molecule has 5 heteroatoms. The summed E-state index contributed by atoms with van der Waals surface area (Å²) in [6.45, 7) is 5.72. The normalized spacial score (nSPS) is 17.0. The van der Waals surface area contributed by atoms with Gasteiger partial charge in [0, 0.05) is 37.1 Å². The van der Waals surface area contributed by atoms with Crippen LogP contribution in [0.5, 0.6) is 5.75 Å². The number of nitrogens with zero attached hydrogens (tertiary/aromatic N) is 2. The summed E-state index contributed by atoms with van der Waals surface area (Å²) < 4.78 is 5.55. The van der Waals surface area contributed by atoms with Gasteiger partial charge < -0.3 is 9.64 Å². The summed E-state index contributed by atoms with van der Waals surface area (Å²) in [6.07, 6.45) is 0. The molecule has 1 amide bonds. The highest BCUT2D eigenvalue weighted by Crippen LogP contribution is 2.25. The molecule has 2 aromatic rings. The number of hydrogen-bond donors (Lipinski definition) is 0. The highest BCUT2D eigenvalue weighted by molar-refractivity contribution is 7.10. The number of thiophene rings is 1. The quantitative estimate of drug-likeness (QED) is 0.845. The summed E-state index contributed by atoms with van der Waals surface area (Å²) in [5.41, 5.74) is 0. The van der Waals surface area contributed by atoms with Gasteiger partial charge in [0.05, 0.1) is 0 Å². The van der Waals surface area contributed by atoms with E-state index in [2.05, 4.69) is 29.3 Å². The monoisotopic (exact) mass is 330 g/mol. The zero-order valence-electron chi connectivity index (χ0n) is 13.4. The van der Waals surface area contributed by atoms with E-state index in [9.17, 15) is 4.79 Å². The number of carbonyl (C=O) groups excluding carboxylic acids is 1. The van der Waals surface area contributed by atoms with Crippen LogP contribution in [-0.4, -0.2) is 48.5 Å². The number of para-hydroxylation sites is 1. The average molecular weight is 330 g/mol. The Morgan fingerprint density at radius 3 is 2.52 bits per heavy atom. The van der Waals surface area contributed by atoms with Crippen LogP contribution in [0.2, 0.25) is 0 Å². The maximum Gasteiger partial charge on any atom is 0.260 e. The summed E-state index contributed by atoms with van der Waals surface area (Å²) >= 11 is 1.80. The fraction of sp³-hybridized carbons (Fsp3) is 0.389. The Hall–Kier alpha value is -1.85. The molecule has 1 saturated heterocycles. The smallest absolute Gasteiger partial charge is 0.260 e. The van der Waals surface area contributed by atoms with Crippen molar-refractivity contribution in [1.29, 1.82) is 0 Å². The minimum Gasteiger partial charge on any atom is -0.484 e. The number of amides is 1. The first-order chi connectivity index (χ1) is 11.2. The molecule has 1 aromatic carbocycles. The maximum absolute atomic E-state index is 12.3. The zero-order valence-corrected chi connectivity index (χ0v) is 14.2. The van der Waals surface area contributed by atoms with E-state index in [1.165, 1.54) is 4.88 Å². The number of benzene rings is 1. The summed E-state index contributed by atoms with van der Waals surface area (Å²) in [7, 11) is 0. The summed E-state index contributed by atoms with van der Waals surface area (Å²) in [5, 5.41) is 2.12. The third kappa shape index (κ3) is 4.12. The van der Waals surface area contributed by atoms with E-state index in [4.69, 9.17) is 4.74 Å². The Balaban J connectivity index is 1.46. The fourth-order valence-electron chi connectivity index (χ4n) is 2.82. The van der Waals surface area contributed by atoms with Gasteiger partial charge >= 0.3 is 0 Å². The van der Waals surface area contributed by atoms with Crippen LogP contribution in [0.4, 0.5) is 0 Å². The van der Waals surface area contributed by atoms with Crippen LogP contribution >= 0.6 is 11.3 Å². The lowest BCUT2D eigenvalue weighted by molar-refractivity contribution is -0.135. The first-order valence-electron chi connectivity index (χ1n) is 7.97. The number of carbonyl (C=O) groups is 1. The fourth-order valence-corrected chi connectivity index (χ4v) is 3.64. The van der Waals surface area contributed by atoms with Gasteiger partial charge in [-0.15, -0.1) is 11.3 Å². The van der Waals surface area contributed by atoms with Crippen LogP contribution in [0.25, 0.3) is 0 Å². The van der Waals surface area contributed by atoms with Crippen LogP contribution in [0.15, 0.2) is 47.8 Å². The summed E-state index contributed by atoms with van der Waals surface area (Å²) in [5.74, 6) is 0.808. The summed E-state index contributed by atoms with van der Waals surface area (Å²) in [6, 6.07) is 14.2. The highest BCUT2D eigenvalue weighted by atomic mass is 32.1. The number of rotatable bonds is 5. The SMILES string of the molecule is CC(c1cccs1)N1CCN(C(=O)COc2ccccc2)CC1. The number of ether oxygens (including phenoxy) is 1. The van der Waals surface area contributed by atoms with Crippen molar-refractivity contribution in [2.75, 3.05) is 32.8 Å². The molecule has 0 aliphatic carbocycles. The van der Waals surface area contributed by atoms with Crippen molar-refractivity contribution in [2.45, 2.75) is 13.0 Å². The van der Waals surface area contributed by atoms with Gasteiger partial charge in [-0.25, -0.2) is 0 Å². The van der Waals surface area contributed by atoms with Crippen molar-refractivity contribution >= 4 is 17.2 Å². The van der Waals surface area contributed by atoms with Crippen LogP contribution in [0, 0.1) is 0 Å². The molecule has 1 aliphatic heterocycles. The van der Waals surface area contributed by atoms with E-state index in [-0.39, 0.29) is 12.5 Å². The minimum absolute atomic E-state index is 0.0669. The topological polar surface area (TPSA) is 32.8 Å². The Morgan fingerprint density at radius 1 is 1.13 bits per heavy atom. The largest absolute Gasteiger partial charge is 0.484 e. The van der Waals surface area contributed by atoms with E-state index in [1.54, 1.807) is 11.3 Å². The molecule has 1 unspecified atom stereocenters. The summed E-state index contributed by atoms with van der Waals surface area (Å²) in [4.78, 5) is 18.0. The Bertz CT molecular complexity index is 607. The molecule has 4 nitrogen and oxygen atoms in total. The van der Waals surface area contributed by atoms with Crippen molar-refractivity contribution in [1.82, 2.24) is 9.80 Å². The van der Waals surface area contributed by atoms with Gasteiger partial charge in [-0.1, -0.05) is 24.3 Å². The zero-order chi connectivity index (χ0) is 16.1. The molecule has 0 saturated carbocycles. The van der Waals surface area contributed by atoms with Crippen LogP contribution < -0.4 is 4.74 Å². The van der Waals surface area contributed by atoms with Crippen molar-refractivity contribution in [3.05, 3.63) is 52.7 Å². The van der Waals surface area contributed by atoms with Crippen LogP contribution in [0.3, 0.4) is 0 Å². The van der Waals surface area contributed by atoms with E-state index in [0.29, 0.717) is 6.04 Å². The second-order valence-electron chi connectivity index (χ2n) is 5.71. The molecule has 1 fully saturated rings. The molecule has 0 bridgehead atoms. The molecule has 0 spiro atoms. The van der Waals surface area contributed by atoms with Gasteiger partial charge in [-0.3, -0.25) is 9.69 Å². The molecule has 23 heavy (non-hydrogen) atoms. The molecule has 0 radical (unpaired) electrons. The van der Waals surface area contributed by atoms with E-state index >= 15 is 0 Å². The maximum atomic E-state index is 12.3. The first kappa shape index (κ1) is 16.0. The lowest BCUT2D eigenvalue weighted by Gasteiger charge is -2.37. The lowest BCUT2D eigenvalue weighted by Crippen LogP contribution is -2.50. The first-order valence-corrected chi connectivity index (χ1v) is 8.85. The van der Waals surface area contributed by atoms with Crippen molar-refractivity contribution in [3.63, 3.8) is 0 Å². The lowest BCUT2D eigenvalue weighted by atomic mass is 10.2. The van der Waals surface area contributed by atoms with Gasteiger partial charge in [0.25, 0.3) is 5.91 Å². The molecule has 1 aliphatic rings.